The van der Waals surface area contributed by atoms with Gasteiger partial charge in [0.15, 0.2) is 0 Å². The topological polar surface area (TPSA) is 45.8 Å². The predicted molar refractivity (Wildman–Crippen MR) is 67.9 cm³/mol. The molecule has 88 valence electrons. The van der Waals surface area contributed by atoms with Gasteiger partial charge in [0.05, 0.1) is 11.4 Å². The molecular formula is C12H18N2OS. The van der Waals surface area contributed by atoms with Crippen LogP contribution in [0.2, 0.25) is 0 Å². The number of H-pyrrole nitrogens is 1. The van der Waals surface area contributed by atoms with Gasteiger partial charge in [0.1, 0.15) is 5.82 Å². The van der Waals surface area contributed by atoms with Crippen molar-refractivity contribution in [3.8, 4) is 0 Å². The highest BCUT2D eigenvalue weighted by Crippen LogP contribution is 2.20. The van der Waals surface area contributed by atoms with Gasteiger partial charge in [0.25, 0.3) is 5.56 Å². The van der Waals surface area contributed by atoms with Crippen LogP contribution in [0.25, 0.3) is 0 Å². The van der Waals surface area contributed by atoms with Gasteiger partial charge in [0.2, 0.25) is 0 Å². The van der Waals surface area contributed by atoms with Crippen molar-refractivity contribution in [2.45, 2.75) is 50.5 Å². The molecule has 0 radical (unpaired) electrons. The maximum absolute atomic E-state index is 11.7. The number of thioether (sulfide) groups is 1. The van der Waals surface area contributed by atoms with Crippen molar-refractivity contribution in [3.63, 3.8) is 0 Å². The Morgan fingerprint density at radius 1 is 1.50 bits per heavy atom. The van der Waals surface area contributed by atoms with Gasteiger partial charge >= 0.3 is 0 Å². The van der Waals surface area contributed by atoms with E-state index in [-0.39, 0.29) is 5.56 Å². The molecule has 4 heteroatoms. The molecule has 1 atom stereocenters. The molecule has 1 unspecified atom stereocenters. The summed E-state index contributed by atoms with van der Waals surface area (Å²) in [7, 11) is 0. The molecule has 1 aromatic rings. The number of hydrogen-bond donors (Lipinski definition) is 1. The summed E-state index contributed by atoms with van der Waals surface area (Å²) in [4.78, 5) is 19.2. The zero-order valence-corrected chi connectivity index (χ0v) is 10.7. The standard InChI is InChI=1S/C12H18N2OS/c1-3-8(2)16-7-11-13-10-6-4-5-9(10)12(15)14-11/h8H,3-7H2,1-2H3,(H,13,14,15). The second kappa shape index (κ2) is 5.04. The third-order valence-corrected chi connectivity index (χ3v) is 4.41. The number of aromatic nitrogens is 2. The van der Waals surface area contributed by atoms with Gasteiger partial charge in [0, 0.05) is 10.8 Å². The van der Waals surface area contributed by atoms with Crippen molar-refractivity contribution in [2.24, 2.45) is 0 Å². The smallest absolute Gasteiger partial charge is 0.254 e. The zero-order chi connectivity index (χ0) is 11.5. The van der Waals surface area contributed by atoms with Crippen LogP contribution < -0.4 is 5.56 Å². The molecule has 0 saturated heterocycles. The number of hydrogen-bond acceptors (Lipinski definition) is 3. The largest absolute Gasteiger partial charge is 0.310 e. The molecule has 0 aromatic carbocycles. The number of aromatic amines is 1. The molecule has 1 N–H and O–H groups in total. The van der Waals surface area contributed by atoms with E-state index in [1.54, 1.807) is 0 Å². The van der Waals surface area contributed by atoms with Gasteiger partial charge in [-0.3, -0.25) is 4.79 Å². The van der Waals surface area contributed by atoms with Gasteiger partial charge < -0.3 is 4.98 Å². The minimum absolute atomic E-state index is 0.0854. The fourth-order valence-corrected chi connectivity index (χ4v) is 2.72. The molecule has 0 spiro atoms. The molecule has 1 aliphatic rings. The predicted octanol–water partition coefficient (Wildman–Crippen LogP) is 2.29. The molecule has 1 aromatic heterocycles. The van der Waals surface area contributed by atoms with E-state index < -0.39 is 0 Å². The Labute approximate surface area is 100 Å². The number of fused-ring (bicyclic) bond motifs is 1. The first kappa shape index (κ1) is 11.7. The minimum Gasteiger partial charge on any atom is -0.310 e. The van der Waals surface area contributed by atoms with Crippen LogP contribution in [0.1, 0.15) is 43.8 Å². The second-order valence-electron chi connectivity index (χ2n) is 4.32. The fourth-order valence-electron chi connectivity index (χ4n) is 1.90. The van der Waals surface area contributed by atoms with Crippen molar-refractivity contribution < 1.29 is 0 Å². The summed E-state index contributed by atoms with van der Waals surface area (Å²) in [6, 6.07) is 0. The van der Waals surface area contributed by atoms with Gasteiger partial charge in [-0.2, -0.15) is 11.8 Å². The van der Waals surface area contributed by atoms with Crippen LogP contribution in [-0.4, -0.2) is 15.2 Å². The Bertz CT molecular complexity index is 428. The molecule has 2 rings (SSSR count). The molecule has 1 heterocycles. The lowest BCUT2D eigenvalue weighted by molar-refractivity contribution is 0.886. The van der Waals surface area contributed by atoms with Crippen LogP contribution in [0.5, 0.6) is 0 Å². The average molecular weight is 238 g/mol. The van der Waals surface area contributed by atoms with Crippen LogP contribution >= 0.6 is 11.8 Å². The average Bonchev–Trinajstić information content (AvgIpc) is 2.74. The van der Waals surface area contributed by atoms with Gasteiger partial charge in [-0.05, 0) is 25.7 Å². The van der Waals surface area contributed by atoms with Crippen molar-refractivity contribution in [2.75, 3.05) is 0 Å². The highest BCUT2D eigenvalue weighted by Gasteiger charge is 2.17. The van der Waals surface area contributed by atoms with E-state index >= 15 is 0 Å². The number of rotatable bonds is 4. The minimum atomic E-state index is 0.0854. The lowest BCUT2D eigenvalue weighted by Crippen LogP contribution is -2.16. The van der Waals surface area contributed by atoms with Crippen molar-refractivity contribution in [1.29, 1.82) is 0 Å². The highest BCUT2D eigenvalue weighted by molar-refractivity contribution is 7.99. The summed E-state index contributed by atoms with van der Waals surface area (Å²) < 4.78 is 0. The Morgan fingerprint density at radius 3 is 3.06 bits per heavy atom. The van der Waals surface area contributed by atoms with Crippen molar-refractivity contribution >= 4 is 11.8 Å². The summed E-state index contributed by atoms with van der Waals surface area (Å²) in [6.07, 6.45) is 4.10. The van der Waals surface area contributed by atoms with E-state index in [1.165, 1.54) is 0 Å². The quantitative estimate of drug-likeness (QED) is 0.875. The van der Waals surface area contributed by atoms with Crippen LogP contribution in [0.3, 0.4) is 0 Å². The molecular weight excluding hydrogens is 220 g/mol. The lowest BCUT2D eigenvalue weighted by Gasteiger charge is -2.08. The number of aryl methyl sites for hydroxylation is 1. The summed E-state index contributed by atoms with van der Waals surface area (Å²) >= 11 is 1.85. The lowest BCUT2D eigenvalue weighted by atomic mass is 10.2. The number of nitrogens with one attached hydrogen (secondary N) is 1. The summed E-state index contributed by atoms with van der Waals surface area (Å²) in [6.45, 7) is 4.38. The third-order valence-electron chi connectivity index (χ3n) is 3.07. The van der Waals surface area contributed by atoms with Crippen LogP contribution in [0.4, 0.5) is 0 Å². The molecule has 0 aliphatic heterocycles. The van der Waals surface area contributed by atoms with Crippen molar-refractivity contribution in [3.05, 3.63) is 27.4 Å². The SMILES string of the molecule is CCC(C)SCc1nc2c(c(=O)[nH]1)CCC2. The first-order valence-corrected chi connectivity index (χ1v) is 6.98. The molecule has 0 saturated carbocycles. The molecule has 3 nitrogen and oxygen atoms in total. The molecule has 0 fully saturated rings. The Hall–Kier alpha value is -0.770. The van der Waals surface area contributed by atoms with E-state index in [2.05, 4.69) is 23.8 Å². The summed E-state index contributed by atoms with van der Waals surface area (Å²) in [5.74, 6) is 1.66. The van der Waals surface area contributed by atoms with Crippen LogP contribution in [0.15, 0.2) is 4.79 Å². The van der Waals surface area contributed by atoms with Gasteiger partial charge in [-0.25, -0.2) is 4.98 Å². The van der Waals surface area contributed by atoms with E-state index in [9.17, 15) is 4.79 Å². The monoisotopic (exact) mass is 238 g/mol. The van der Waals surface area contributed by atoms with E-state index in [0.29, 0.717) is 5.25 Å². The van der Waals surface area contributed by atoms with E-state index in [4.69, 9.17) is 0 Å². The number of nitrogens with zero attached hydrogens (tertiary/aromatic N) is 1. The van der Waals surface area contributed by atoms with Gasteiger partial charge in [-0.15, -0.1) is 0 Å². The van der Waals surface area contributed by atoms with Crippen molar-refractivity contribution in [1.82, 2.24) is 9.97 Å². The third kappa shape index (κ3) is 2.48. The van der Waals surface area contributed by atoms with Gasteiger partial charge in [-0.1, -0.05) is 13.8 Å². The molecule has 1 aliphatic carbocycles. The Morgan fingerprint density at radius 2 is 2.31 bits per heavy atom. The first-order chi connectivity index (χ1) is 7.70. The highest BCUT2D eigenvalue weighted by atomic mass is 32.2. The maximum atomic E-state index is 11.7. The van der Waals surface area contributed by atoms with Crippen LogP contribution in [0, 0.1) is 0 Å². The van der Waals surface area contributed by atoms with Crippen LogP contribution in [-0.2, 0) is 18.6 Å². The summed E-state index contributed by atoms with van der Waals surface area (Å²) in [5, 5.41) is 0.624. The zero-order valence-electron chi connectivity index (χ0n) is 9.88. The fraction of sp³-hybridized carbons (Fsp3) is 0.667. The molecule has 0 amide bonds. The normalized spacial score (nSPS) is 16.1. The second-order valence-corrected chi connectivity index (χ2v) is 5.75. The Balaban J connectivity index is 2.11. The summed E-state index contributed by atoms with van der Waals surface area (Å²) in [5.41, 5.74) is 2.03. The Kier molecular flexibility index (Phi) is 3.69. The molecule has 16 heavy (non-hydrogen) atoms. The van der Waals surface area contributed by atoms with E-state index in [0.717, 1.165) is 48.5 Å². The maximum Gasteiger partial charge on any atom is 0.254 e. The molecule has 0 bridgehead atoms. The van der Waals surface area contributed by atoms with E-state index in [1.807, 2.05) is 11.8 Å². The first-order valence-electron chi connectivity index (χ1n) is 5.93.